The van der Waals surface area contributed by atoms with Gasteiger partial charge in [0.05, 0.1) is 15.4 Å². The number of aromatic carboxylic acids is 1. The van der Waals surface area contributed by atoms with E-state index in [1.54, 1.807) is 0 Å². The molecule has 0 aromatic heterocycles. The quantitative estimate of drug-likeness (QED) is 0.645. The number of hydrogen-bond donors (Lipinski definition) is 3. The van der Waals surface area contributed by atoms with E-state index in [1.807, 2.05) is 4.72 Å². The SMILES string of the molecule is CNS(=O)(=O)c1ccc(S(N)(=O)=O)c(C(=O)O)c1. The number of sulfonamides is 2. The minimum Gasteiger partial charge on any atom is -0.478 e. The normalized spacial score (nSPS) is 12.3. The van der Waals surface area contributed by atoms with Crippen molar-refractivity contribution in [1.29, 1.82) is 0 Å². The van der Waals surface area contributed by atoms with Crippen LogP contribution in [0.1, 0.15) is 10.4 Å². The molecule has 0 saturated carbocycles. The molecule has 0 fully saturated rings. The smallest absolute Gasteiger partial charge is 0.337 e. The van der Waals surface area contributed by atoms with Crippen molar-refractivity contribution in [2.24, 2.45) is 5.14 Å². The van der Waals surface area contributed by atoms with Gasteiger partial charge >= 0.3 is 5.97 Å². The van der Waals surface area contributed by atoms with Gasteiger partial charge < -0.3 is 5.11 Å². The molecule has 0 bridgehead atoms. The van der Waals surface area contributed by atoms with E-state index < -0.39 is 36.5 Å². The minimum absolute atomic E-state index is 0.366. The van der Waals surface area contributed by atoms with Crippen LogP contribution in [-0.2, 0) is 20.0 Å². The first kappa shape index (κ1) is 14.6. The number of nitrogens with two attached hydrogens (primary N) is 1. The average molecular weight is 294 g/mol. The van der Waals surface area contributed by atoms with Crippen LogP contribution in [0.3, 0.4) is 0 Å². The number of primary sulfonamides is 1. The second kappa shape index (κ2) is 4.65. The van der Waals surface area contributed by atoms with E-state index >= 15 is 0 Å². The molecule has 0 atom stereocenters. The van der Waals surface area contributed by atoms with Crippen LogP contribution in [0.4, 0.5) is 0 Å². The molecule has 1 rings (SSSR count). The maximum absolute atomic E-state index is 11.5. The molecule has 10 heteroatoms. The first-order valence-corrected chi connectivity index (χ1v) is 7.46. The van der Waals surface area contributed by atoms with Crippen molar-refractivity contribution in [1.82, 2.24) is 4.72 Å². The fraction of sp³-hybridized carbons (Fsp3) is 0.125. The number of benzene rings is 1. The lowest BCUT2D eigenvalue weighted by Gasteiger charge is -2.07. The highest BCUT2D eigenvalue weighted by atomic mass is 32.2. The summed E-state index contributed by atoms with van der Waals surface area (Å²) < 4.78 is 47.2. The molecule has 0 heterocycles. The molecule has 8 nitrogen and oxygen atoms in total. The highest BCUT2D eigenvalue weighted by Gasteiger charge is 2.22. The Morgan fingerprint density at radius 2 is 1.83 bits per heavy atom. The molecule has 0 aliphatic rings. The van der Waals surface area contributed by atoms with E-state index in [4.69, 9.17) is 10.2 Å². The van der Waals surface area contributed by atoms with Gasteiger partial charge in [-0.2, -0.15) is 0 Å². The van der Waals surface area contributed by atoms with E-state index in [9.17, 15) is 21.6 Å². The summed E-state index contributed by atoms with van der Waals surface area (Å²) in [5, 5.41) is 13.7. The molecule has 0 radical (unpaired) electrons. The Kier molecular flexibility index (Phi) is 3.76. The molecule has 100 valence electrons. The molecule has 0 saturated heterocycles. The predicted molar refractivity (Wildman–Crippen MR) is 61.0 cm³/mol. The molecular formula is C8H10N2O6S2. The number of rotatable bonds is 4. The second-order valence-corrected chi connectivity index (χ2v) is 6.63. The van der Waals surface area contributed by atoms with Crippen LogP contribution in [0.2, 0.25) is 0 Å². The Labute approximate surface area is 104 Å². The number of carbonyl (C=O) groups is 1. The Morgan fingerprint density at radius 1 is 1.28 bits per heavy atom. The summed E-state index contributed by atoms with van der Waals surface area (Å²) >= 11 is 0. The molecule has 0 unspecified atom stereocenters. The van der Waals surface area contributed by atoms with Gasteiger partial charge in [0.25, 0.3) is 0 Å². The lowest BCUT2D eigenvalue weighted by atomic mass is 10.2. The summed E-state index contributed by atoms with van der Waals surface area (Å²) in [5.74, 6) is -1.59. The Morgan fingerprint density at radius 3 is 2.22 bits per heavy atom. The monoisotopic (exact) mass is 294 g/mol. The molecule has 1 aromatic rings. The second-order valence-electron chi connectivity index (χ2n) is 3.22. The van der Waals surface area contributed by atoms with Crippen molar-refractivity contribution in [3.63, 3.8) is 0 Å². The minimum atomic E-state index is -4.24. The Balaban J connectivity index is 3.63. The van der Waals surface area contributed by atoms with Crippen LogP contribution in [-0.4, -0.2) is 35.0 Å². The van der Waals surface area contributed by atoms with E-state index in [0.717, 1.165) is 25.2 Å². The fourth-order valence-corrected chi connectivity index (χ4v) is 2.68. The van der Waals surface area contributed by atoms with Crippen LogP contribution >= 0.6 is 0 Å². The highest BCUT2D eigenvalue weighted by Crippen LogP contribution is 2.19. The maximum Gasteiger partial charge on any atom is 0.337 e. The van der Waals surface area contributed by atoms with Crippen molar-refractivity contribution in [2.75, 3.05) is 7.05 Å². The lowest BCUT2D eigenvalue weighted by molar-refractivity contribution is 0.0692. The van der Waals surface area contributed by atoms with Crippen molar-refractivity contribution >= 4 is 26.0 Å². The highest BCUT2D eigenvalue weighted by molar-refractivity contribution is 7.89. The van der Waals surface area contributed by atoms with Crippen molar-refractivity contribution in [3.05, 3.63) is 23.8 Å². The maximum atomic E-state index is 11.5. The van der Waals surface area contributed by atoms with Crippen molar-refractivity contribution < 1.29 is 26.7 Å². The number of hydrogen-bond acceptors (Lipinski definition) is 5. The fourth-order valence-electron chi connectivity index (χ4n) is 1.21. The zero-order chi connectivity index (χ0) is 14.1. The van der Waals surface area contributed by atoms with Gasteiger partial charge in [0.15, 0.2) is 0 Å². The summed E-state index contributed by atoms with van der Waals surface area (Å²) in [6.07, 6.45) is 0. The number of nitrogens with one attached hydrogen (secondary N) is 1. The standard InChI is InChI=1S/C8H10N2O6S2/c1-10-18(15,16)5-2-3-7(17(9,13)14)6(4-5)8(11)12/h2-4,10H,1H3,(H,11,12)(H2,9,13,14). The Bertz CT molecular complexity index is 692. The van der Waals surface area contributed by atoms with Gasteiger partial charge in [-0.25, -0.2) is 31.5 Å². The van der Waals surface area contributed by atoms with Crippen LogP contribution < -0.4 is 9.86 Å². The van der Waals surface area contributed by atoms with E-state index in [2.05, 4.69) is 0 Å². The third kappa shape index (κ3) is 2.85. The first-order valence-electron chi connectivity index (χ1n) is 4.43. The number of carboxylic acid groups (broad SMARTS) is 1. The molecule has 0 aliphatic heterocycles. The third-order valence-corrected chi connectivity index (χ3v) is 4.45. The van der Waals surface area contributed by atoms with Crippen LogP contribution in [0.5, 0.6) is 0 Å². The van der Waals surface area contributed by atoms with E-state index in [0.29, 0.717) is 0 Å². The van der Waals surface area contributed by atoms with Gasteiger partial charge in [-0.3, -0.25) is 0 Å². The lowest BCUT2D eigenvalue weighted by Crippen LogP contribution is -2.21. The van der Waals surface area contributed by atoms with E-state index in [-0.39, 0.29) is 4.90 Å². The van der Waals surface area contributed by atoms with Crippen molar-refractivity contribution in [2.45, 2.75) is 9.79 Å². The molecular weight excluding hydrogens is 284 g/mol. The molecule has 4 N–H and O–H groups in total. The predicted octanol–water partition coefficient (Wildman–Crippen LogP) is -1.06. The summed E-state index contributed by atoms with van der Waals surface area (Å²) in [5.41, 5.74) is -0.700. The number of carboxylic acids is 1. The molecule has 1 aromatic carbocycles. The molecule has 18 heavy (non-hydrogen) atoms. The zero-order valence-electron chi connectivity index (χ0n) is 9.11. The largest absolute Gasteiger partial charge is 0.478 e. The Hall–Kier alpha value is -1.49. The van der Waals surface area contributed by atoms with E-state index in [1.165, 1.54) is 0 Å². The zero-order valence-corrected chi connectivity index (χ0v) is 10.7. The summed E-state index contributed by atoms with van der Waals surface area (Å²) in [4.78, 5) is 9.89. The van der Waals surface area contributed by atoms with Crippen LogP contribution in [0.25, 0.3) is 0 Å². The van der Waals surface area contributed by atoms with Gasteiger partial charge in [0.2, 0.25) is 20.0 Å². The van der Waals surface area contributed by atoms with Crippen LogP contribution in [0.15, 0.2) is 28.0 Å². The third-order valence-electron chi connectivity index (χ3n) is 2.07. The van der Waals surface area contributed by atoms with Gasteiger partial charge in [-0.1, -0.05) is 0 Å². The van der Waals surface area contributed by atoms with Gasteiger partial charge in [0, 0.05) is 0 Å². The van der Waals surface area contributed by atoms with Gasteiger partial charge in [0.1, 0.15) is 0 Å². The molecule has 0 amide bonds. The molecule has 0 spiro atoms. The van der Waals surface area contributed by atoms with Gasteiger partial charge in [-0.05, 0) is 25.2 Å². The summed E-state index contributed by atoms with van der Waals surface area (Å²) in [6, 6.07) is 2.52. The van der Waals surface area contributed by atoms with Gasteiger partial charge in [-0.15, -0.1) is 0 Å². The van der Waals surface area contributed by atoms with Crippen LogP contribution in [0, 0.1) is 0 Å². The summed E-state index contributed by atoms with van der Waals surface area (Å²) in [6.45, 7) is 0. The van der Waals surface area contributed by atoms with Crippen molar-refractivity contribution in [3.8, 4) is 0 Å². The average Bonchev–Trinajstić information content (AvgIpc) is 2.27. The first-order chi connectivity index (χ1) is 8.09. The molecule has 0 aliphatic carbocycles. The summed E-state index contributed by atoms with van der Waals surface area (Å²) in [7, 11) is -6.97. The topological polar surface area (TPSA) is 144 Å².